The lowest BCUT2D eigenvalue weighted by molar-refractivity contribution is -0.137. The molecule has 4 rings (SSSR count). The highest BCUT2D eigenvalue weighted by molar-refractivity contribution is 6.76. The summed E-state index contributed by atoms with van der Waals surface area (Å²) in [5.74, 6) is 0.881. The van der Waals surface area contributed by atoms with Gasteiger partial charge in [0.25, 0.3) is 0 Å². The van der Waals surface area contributed by atoms with E-state index in [0.29, 0.717) is 18.4 Å². The molecule has 6 heteroatoms. The fourth-order valence-corrected chi connectivity index (χ4v) is 6.79. The molecule has 0 bridgehead atoms. The number of aromatic nitrogens is 1. The molecular weight excluding hydrogens is 414 g/mol. The molecule has 1 aromatic carbocycles. The maximum Gasteiger partial charge on any atom is 0.230 e. The number of rotatable bonds is 6. The Bertz CT molecular complexity index is 1020. The molecule has 0 saturated carbocycles. The van der Waals surface area contributed by atoms with Crippen LogP contribution in [0.4, 0.5) is 0 Å². The number of carbonyl (C=O) groups excluding carboxylic acids is 2. The molecule has 1 aromatic heterocycles. The number of piperidine rings is 1. The van der Waals surface area contributed by atoms with Gasteiger partial charge in [0.15, 0.2) is 0 Å². The van der Waals surface area contributed by atoms with Crippen molar-refractivity contribution in [3.63, 3.8) is 0 Å². The van der Waals surface area contributed by atoms with E-state index in [1.54, 1.807) is 0 Å². The summed E-state index contributed by atoms with van der Waals surface area (Å²) in [6.07, 6.45) is 4.58. The van der Waals surface area contributed by atoms with E-state index < -0.39 is 8.07 Å². The molecule has 174 valence electrons. The van der Waals surface area contributed by atoms with Crippen LogP contribution in [0.3, 0.4) is 0 Å². The predicted molar refractivity (Wildman–Crippen MR) is 134 cm³/mol. The molecule has 1 aliphatic carbocycles. The average molecular weight is 454 g/mol. The summed E-state index contributed by atoms with van der Waals surface area (Å²) in [5.41, 5.74) is 3.67. The highest BCUT2D eigenvalue weighted by Gasteiger charge is 2.42. The first-order valence-electron chi connectivity index (χ1n) is 12.3. The van der Waals surface area contributed by atoms with Gasteiger partial charge in [0.2, 0.25) is 11.8 Å². The highest BCUT2D eigenvalue weighted by Crippen LogP contribution is 2.45. The molecule has 1 fully saturated rings. The summed E-state index contributed by atoms with van der Waals surface area (Å²) in [4.78, 5) is 30.7. The van der Waals surface area contributed by atoms with Gasteiger partial charge in [-0.1, -0.05) is 31.8 Å². The first-order chi connectivity index (χ1) is 15.1. The Hall–Kier alpha value is -1.92. The Morgan fingerprint density at radius 3 is 2.53 bits per heavy atom. The first kappa shape index (κ1) is 23.2. The van der Waals surface area contributed by atoms with E-state index in [9.17, 15) is 9.59 Å². The Labute approximate surface area is 193 Å². The van der Waals surface area contributed by atoms with E-state index in [1.807, 2.05) is 9.47 Å². The second-order valence-electron chi connectivity index (χ2n) is 11.0. The second kappa shape index (κ2) is 8.79. The van der Waals surface area contributed by atoms with Crippen molar-refractivity contribution in [3.05, 3.63) is 35.5 Å². The zero-order chi connectivity index (χ0) is 23.2. The third-order valence-corrected chi connectivity index (χ3v) is 9.38. The first-order valence-corrected chi connectivity index (χ1v) is 16.0. The van der Waals surface area contributed by atoms with E-state index in [1.165, 1.54) is 16.5 Å². The Morgan fingerprint density at radius 2 is 1.88 bits per heavy atom. The van der Waals surface area contributed by atoms with Crippen molar-refractivity contribution in [2.75, 3.05) is 26.7 Å². The monoisotopic (exact) mass is 453 g/mol. The van der Waals surface area contributed by atoms with Gasteiger partial charge in [0, 0.05) is 57.7 Å². The van der Waals surface area contributed by atoms with Gasteiger partial charge in [-0.05, 0) is 57.0 Å². The van der Waals surface area contributed by atoms with Gasteiger partial charge in [-0.3, -0.25) is 14.2 Å². The van der Waals surface area contributed by atoms with Crippen molar-refractivity contribution < 1.29 is 9.59 Å². The number of hydrogen-bond donors (Lipinski definition) is 0. The third kappa shape index (κ3) is 4.19. The molecule has 2 heterocycles. The van der Waals surface area contributed by atoms with Gasteiger partial charge < -0.3 is 9.80 Å². The quantitative estimate of drug-likeness (QED) is 0.588. The summed E-state index contributed by atoms with van der Waals surface area (Å²) < 4.78 is 1.92. The van der Waals surface area contributed by atoms with Crippen molar-refractivity contribution in [2.45, 2.75) is 70.8 Å². The number of likely N-dealkylation sites (N-methyl/N-ethyl adjacent to an activating group) is 1. The van der Waals surface area contributed by atoms with E-state index >= 15 is 0 Å². The number of hydrogen-bond acceptors (Lipinski definition) is 3. The zero-order valence-corrected chi connectivity index (χ0v) is 21.6. The molecule has 1 unspecified atom stereocenters. The lowest BCUT2D eigenvalue weighted by Crippen LogP contribution is -2.52. The number of fused-ring (bicyclic) bond motifs is 2. The summed E-state index contributed by atoms with van der Waals surface area (Å²) in [6, 6.07) is 7.84. The predicted octanol–water partition coefficient (Wildman–Crippen LogP) is 4.84. The Kier molecular flexibility index (Phi) is 6.38. The van der Waals surface area contributed by atoms with Crippen LogP contribution in [0, 0.1) is 5.92 Å². The van der Waals surface area contributed by atoms with E-state index in [-0.39, 0.29) is 17.7 Å². The average Bonchev–Trinajstić information content (AvgIpc) is 3.13. The van der Waals surface area contributed by atoms with Gasteiger partial charge in [0.05, 0.1) is 11.4 Å². The Morgan fingerprint density at radius 1 is 1.16 bits per heavy atom. The molecular formula is C26H39N3O2Si. The number of benzene rings is 1. The zero-order valence-electron chi connectivity index (χ0n) is 20.6. The normalized spacial score (nSPS) is 23.2. The number of amides is 1. The molecule has 1 amide bonds. The van der Waals surface area contributed by atoms with Crippen LogP contribution in [-0.4, -0.2) is 67.0 Å². The number of likely N-dealkylation sites (tertiary alicyclic amines) is 1. The fourth-order valence-electron chi connectivity index (χ4n) is 5.83. The number of carbonyl (C=O) groups is 2. The highest BCUT2D eigenvalue weighted by atomic mass is 28.3. The van der Waals surface area contributed by atoms with Crippen molar-refractivity contribution in [3.8, 4) is 0 Å². The van der Waals surface area contributed by atoms with Crippen molar-refractivity contribution in [1.29, 1.82) is 0 Å². The molecule has 2 aromatic rings. The van der Waals surface area contributed by atoms with Crippen molar-refractivity contribution in [2.24, 2.45) is 5.92 Å². The fraction of sp³-hybridized carbons (Fsp3) is 0.615. The maximum atomic E-state index is 13.2. The lowest BCUT2D eigenvalue weighted by Gasteiger charge is -2.45. The summed E-state index contributed by atoms with van der Waals surface area (Å²) >= 11 is 0. The maximum absolute atomic E-state index is 13.2. The topological polar surface area (TPSA) is 45.6 Å². The van der Waals surface area contributed by atoms with Crippen LogP contribution in [0.5, 0.6) is 0 Å². The molecule has 1 aliphatic heterocycles. The van der Waals surface area contributed by atoms with Gasteiger partial charge >= 0.3 is 0 Å². The van der Waals surface area contributed by atoms with Crippen molar-refractivity contribution >= 4 is 30.8 Å². The molecule has 32 heavy (non-hydrogen) atoms. The molecule has 3 atom stereocenters. The minimum absolute atomic E-state index is 0.0402. The van der Waals surface area contributed by atoms with Gasteiger partial charge in [0.1, 0.15) is 0 Å². The largest absolute Gasteiger partial charge is 0.343 e. The van der Waals surface area contributed by atoms with Crippen molar-refractivity contribution in [1.82, 2.24) is 14.4 Å². The standard InChI is InChI=1S/C26H39N3O2Si/c1-7-28(8-2)26(31)19-14-21-20-10-9-11-22-25(20)18(15-23(21)27(3)16-19)17-29(22)24(30)12-13-32(4,5)6/h9-11,17,19,21,23H,7-8,12-16H2,1-6H3/t19-,21?,23-/m1/s1. The van der Waals surface area contributed by atoms with Crippen LogP contribution in [0.25, 0.3) is 10.9 Å². The minimum atomic E-state index is -1.27. The van der Waals surface area contributed by atoms with Gasteiger partial charge in [-0.15, -0.1) is 0 Å². The summed E-state index contributed by atoms with van der Waals surface area (Å²) in [6.45, 7) is 13.4. The minimum Gasteiger partial charge on any atom is -0.343 e. The molecule has 0 radical (unpaired) electrons. The van der Waals surface area contributed by atoms with Crippen LogP contribution in [0.2, 0.25) is 25.7 Å². The SMILES string of the molecule is CCN(CC)C(=O)[C@@H]1CC2c3cccc4c3c(cn4C(=O)CC[Si](C)(C)C)C[C@H]2N(C)C1. The lowest BCUT2D eigenvalue weighted by atomic mass is 9.72. The summed E-state index contributed by atoms with van der Waals surface area (Å²) in [7, 11) is 0.901. The van der Waals surface area contributed by atoms with Gasteiger partial charge in [-0.25, -0.2) is 0 Å². The van der Waals surface area contributed by atoms with E-state index in [4.69, 9.17) is 0 Å². The smallest absolute Gasteiger partial charge is 0.230 e. The number of nitrogens with zero attached hydrogens (tertiary/aromatic N) is 3. The molecule has 1 saturated heterocycles. The second-order valence-corrected chi connectivity index (χ2v) is 16.6. The molecule has 0 spiro atoms. The third-order valence-electron chi connectivity index (χ3n) is 7.63. The van der Waals surface area contributed by atoms with Crippen LogP contribution in [0.15, 0.2) is 24.4 Å². The van der Waals surface area contributed by atoms with E-state index in [0.717, 1.165) is 44.0 Å². The Balaban J connectivity index is 1.67. The van der Waals surface area contributed by atoms with Gasteiger partial charge in [-0.2, -0.15) is 0 Å². The molecule has 0 N–H and O–H groups in total. The molecule has 5 nitrogen and oxygen atoms in total. The van der Waals surface area contributed by atoms with Crippen LogP contribution in [-0.2, 0) is 11.2 Å². The van der Waals surface area contributed by atoms with Crippen LogP contribution < -0.4 is 0 Å². The van der Waals surface area contributed by atoms with Crippen LogP contribution in [0.1, 0.15) is 48.5 Å². The van der Waals surface area contributed by atoms with E-state index in [2.05, 4.69) is 69.8 Å². The molecule has 2 aliphatic rings. The van der Waals surface area contributed by atoms with Crippen LogP contribution >= 0.6 is 0 Å². The summed E-state index contributed by atoms with van der Waals surface area (Å²) in [5, 5.41) is 1.26.